The average Bonchev–Trinajstić information content (AvgIpc) is 2.30. The highest BCUT2D eigenvalue weighted by molar-refractivity contribution is 4.71. The van der Waals surface area contributed by atoms with Gasteiger partial charge in [0.05, 0.1) is 19.8 Å². The van der Waals surface area contributed by atoms with E-state index in [1.165, 1.54) is 32.2 Å². The quantitative estimate of drug-likeness (QED) is 0.646. The molecule has 0 saturated heterocycles. The van der Waals surface area contributed by atoms with Gasteiger partial charge in [-0.15, -0.1) is 0 Å². The monoisotopic (exact) mass is 229 g/mol. The van der Waals surface area contributed by atoms with Crippen molar-refractivity contribution < 1.29 is 9.47 Å². The maximum absolute atomic E-state index is 5.39. The molecule has 1 rings (SSSR count). The smallest absolute Gasteiger partial charge is 0.0700 e. The maximum Gasteiger partial charge on any atom is 0.0700 e. The molecule has 1 aliphatic carbocycles. The highest BCUT2D eigenvalue weighted by Crippen LogP contribution is 2.27. The first-order chi connectivity index (χ1) is 7.83. The molecule has 0 radical (unpaired) electrons. The normalized spacial score (nSPS) is 25.9. The van der Waals surface area contributed by atoms with Crippen LogP contribution in [-0.2, 0) is 9.47 Å². The average molecular weight is 229 g/mol. The summed E-state index contributed by atoms with van der Waals surface area (Å²) >= 11 is 0. The Bertz CT molecular complexity index is 156. The summed E-state index contributed by atoms with van der Waals surface area (Å²) in [5, 5.41) is 3.48. The van der Waals surface area contributed by atoms with Gasteiger partial charge >= 0.3 is 0 Å². The standard InChI is InChI=1S/C13H27NO2/c1-12-3-5-13(6-4-12)11-14-7-8-16-10-9-15-2/h12-14H,3-11H2,1-2H3. The van der Waals surface area contributed by atoms with Gasteiger partial charge in [0.2, 0.25) is 0 Å². The second kappa shape index (κ2) is 8.97. The molecule has 0 heterocycles. The van der Waals surface area contributed by atoms with Crippen LogP contribution in [0.1, 0.15) is 32.6 Å². The van der Waals surface area contributed by atoms with E-state index in [1.54, 1.807) is 7.11 Å². The highest BCUT2D eigenvalue weighted by Gasteiger charge is 2.17. The van der Waals surface area contributed by atoms with Crippen molar-refractivity contribution in [3.63, 3.8) is 0 Å². The van der Waals surface area contributed by atoms with Crippen LogP contribution in [-0.4, -0.2) is 40.0 Å². The largest absolute Gasteiger partial charge is 0.382 e. The number of methoxy groups -OCH3 is 1. The first-order valence-electron chi connectivity index (χ1n) is 6.60. The van der Waals surface area contributed by atoms with E-state index in [1.807, 2.05) is 0 Å². The van der Waals surface area contributed by atoms with E-state index < -0.39 is 0 Å². The third-order valence-corrected chi connectivity index (χ3v) is 3.42. The number of nitrogens with one attached hydrogen (secondary N) is 1. The molecule has 0 aromatic carbocycles. The molecule has 0 aromatic rings. The predicted molar refractivity (Wildman–Crippen MR) is 66.7 cm³/mol. The summed E-state index contributed by atoms with van der Waals surface area (Å²) in [5.41, 5.74) is 0. The molecule has 1 aliphatic rings. The molecule has 0 aliphatic heterocycles. The van der Waals surface area contributed by atoms with Crippen LogP contribution in [0.25, 0.3) is 0 Å². The summed E-state index contributed by atoms with van der Waals surface area (Å²) in [6.07, 6.45) is 5.63. The van der Waals surface area contributed by atoms with E-state index in [9.17, 15) is 0 Å². The third kappa shape index (κ3) is 6.46. The number of hydrogen-bond donors (Lipinski definition) is 1. The van der Waals surface area contributed by atoms with E-state index in [-0.39, 0.29) is 0 Å². The molecule has 1 saturated carbocycles. The Balaban J connectivity index is 1.84. The minimum atomic E-state index is 0.695. The molecule has 16 heavy (non-hydrogen) atoms. The number of rotatable bonds is 8. The minimum absolute atomic E-state index is 0.695. The van der Waals surface area contributed by atoms with Crippen molar-refractivity contribution in [1.29, 1.82) is 0 Å². The third-order valence-electron chi connectivity index (χ3n) is 3.42. The molecule has 3 heteroatoms. The summed E-state index contributed by atoms with van der Waals surface area (Å²) in [5.74, 6) is 1.85. The molecule has 0 amide bonds. The Morgan fingerprint density at radius 2 is 1.81 bits per heavy atom. The Morgan fingerprint density at radius 1 is 1.06 bits per heavy atom. The van der Waals surface area contributed by atoms with Crippen molar-refractivity contribution in [3.05, 3.63) is 0 Å². The number of ether oxygens (including phenoxy) is 2. The molecular weight excluding hydrogens is 202 g/mol. The zero-order valence-corrected chi connectivity index (χ0v) is 10.8. The maximum atomic E-state index is 5.39. The van der Waals surface area contributed by atoms with Crippen molar-refractivity contribution in [2.45, 2.75) is 32.6 Å². The summed E-state index contributed by atoms with van der Waals surface area (Å²) < 4.78 is 10.3. The van der Waals surface area contributed by atoms with Gasteiger partial charge in [-0.3, -0.25) is 0 Å². The van der Waals surface area contributed by atoms with Crippen LogP contribution in [0.5, 0.6) is 0 Å². The van der Waals surface area contributed by atoms with Crippen LogP contribution >= 0.6 is 0 Å². The summed E-state index contributed by atoms with van der Waals surface area (Å²) in [6, 6.07) is 0. The van der Waals surface area contributed by atoms with E-state index in [0.717, 1.165) is 25.0 Å². The lowest BCUT2D eigenvalue weighted by Crippen LogP contribution is -2.28. The van der Waals surface area contributed by atoms with E-state index in [4.69, 9.17) is 9.47 Å². The highest BCUT2D eigenvalue weighted by atomic mass is 16.5. The lowest BCUT2D eigenvalue weighted by Gasteiger charge is -2.26. The van der Waals surface area contributed by atoms with Gasteiger partial charge in [0, 0.05) is 13.7 Å². The van der Waals surface area contributed by atoms with Gasteiger partial charge in [0.1, 0.15) is 0 Å². The van der Waals surface area contributed by atoms with Crippen LogP contribution in [0.3, 0.4) is 0 Å². The summed E-state index contributed by atoms with van der Waals surface area (Å²) in [4.78, 5) is 0. The van der Waals surface area contributed by atoms with Crippen LogP contribution in [0.4, 0.5) is 0 Å². The van der Waals surface area contributed by atoms with E-state index in [2.05, 4.69) is 12.2 Å². The molecule has 0 spiro atoms. The van der Waals surface area contributed by atoms with Crippen LogP contribution in [0.15, 0.2) is 0 Å². The van der Waals surface area contributed by atoms with Crippen molar-refractivity contribution in [2.24, 2.45) is 11.8 Å². The van der Waals surface area contributed by atoms with Crippen molar-refractivity contribution in [1.82, 2.24) is 5.32 Å². The van der Waals surface area contributed by atoms with Gasteiger partial charge in [-0.1, -0.05) is 19.8 Å². The summed E-state index contributed by atoms with van der Waals surface area (Å²) in [6.45, 7) is 6.70. The van der Waals surface area contributed by atoms with Gasteiger partial charge in [-0.2, -0.15) is 0 Å². The lowest BCUT2D eigenvalue weighted by atomic mass is 9.83. The molecular formula is C13H27NO2. The Kier molecular flexibility index (Phi) is 7.81. The van der Waals surface area contributed by atoms with Crippen LogP contribution in [0.2, 0.25) is 0 Å². The fraction of sp³-hybridized carbons (Fsp3) is 1.00. The van der Waals surface area contributed by atoms with Gasteiger partial charge < -0.3 is 14.8 Å². The summed E-state index contributed by atoms with van der Waals surface area (Å²) in [7, 11) is 1.70. The van der Waals surface area contributed by atoms with Crippen molar-refractivity contribution >= 4 is 0 Å². The van der Waals surface area contributed by atoms with Crippen LogP contribution < -0.4 is 5.32 Å². The first kappa shape index (κ1) is 13.9. The van der Waals surface area contributed by atoms with Gasteiger partial charge in [0.15, 0.2) is 0 Å². The van der Waals surface area contributed by atoms with Crippen LogP contribution in [0, 0.1) is 11.8 Å². The molecule has 0 bridgehead atoms. The Morgan fingerprint density at radius 3 is 2.50 bits per heavy atom. The first-order valence-corrected chi connectivity index (χ1v) is 6.60. The second-order valence-corrected chi connectivity index (χ2v) is 4.94. The minimum Gasteiger partial charge on any atom is -0.382 e. The molecule has 0 aromatic heterocycles. The fourth-order valence-corrected chi connectivity index (χ4v) is 2.23. The Labute approximate surface area is 99.9 Å². The molecule has 3 nitrogen and oxygen atoms in total. The van der Waals surface area contributed by atoms with Gasteiger partial charge in [0.25, 0.3) is 0 Å². The number of hydrogen-bond acceptors (Lipinski definition) is 3. The molecule has 96 valence electrons. The molecule has 1 N–H and O–H groups in total. The molecule has 1 fully saturated rings. The van der Waals surface area contributed by atoms with Gasteiger partial charge in [-0.25, -0.2) is 0 Å². The van der Waals surface area contributed by atoms with Crippen molar-refractivity contribution in [2.75, 3.05) is 40.0 Å². The molecule has 0 atom stereocenters. The van der Waals surface area contributed by atoms with Gasteiger partial charge in [-0.05, 0) is 31.2 Å². The van der Waals surface area contributed by atoms with E-state index in [0.29, 0.717) is 13.2 Å². The lowest BCUT2D eigenvalue weighted by molar-refractivity contribution is 0.0714. The molecule has 0 unspecified atom stereocenters. The predicted octanol–water partition coefficient (Wildman–Crippen LogP) is 2.07. The van der Waals surface area contributed by atoms with Crippen molar-refractivity contribution in [3.8, 4) is 0 Å². The topological polar surface area (TPSA) is 30.5 Å². The second-order valence-electron chi connectivity index (χ2n) is 4.94. The zero-order valence-electron chi connectivity index (χ0n) is 10.8. The van der Waals surface area contributed by atoms with E-state index >= 15 is 0 Å². The Hall–Kier alpha value is -0.120. The SMILES string of the molecule is COCCOCCNCC1CCC(C)CC1. The zero-order chi connectivity index (χ0) is 11.6. The fourth-order valence-electron chi connectivity index (χ4n) is 2.23.